The van der Waals surface area contributed by atoms with Crippen LogP contribution in [0, 0.1) is 0 Å². The lowest BCUT2D eigenvalue weighted by Crippen LogP contribution is -2.32. The second kappa shape index (κ2) is 5.69. The molecule has 7 heteroatoms. The van der Waals surface area contributed by atoms with Crippen LogP contribution in [0.4, 0.5) is 5.69 Å². The van der Waals surface area contributed by atoms with E-state index in [2.05, 4.69) is 15.3 Å². The van der Waals surface area contributed by atoms with Crippen molar-refractivity contribution >= 4 is 17.3 Å². The first kappa shape index (κ1) is 13.3. The van der Waals surface area contributed by atoms with Crippen molar-refractivity contribution < 1.29 is 5.11 Å². The molecule has 0 radical (unpaired) electrons. The Morgan fingerprint density at radius 2 is 2.44 bits per heavy atom. The predicted molar refractivity (Wildman–Crippen MR) is 70.3 cm³/mol. The SMILES string of the molecule is CNC1CCN(c2cnn(CCO)c(=O)c2Cl)C1. The Morgan fingerprint density at radius 1 is 1.67 bits per heavy atom. The lowest BCUT2D eigenvalue weighted by Gasteiger charge is -2.19. The number of hydrogen-bond donors (Lipinski definition) is 2. The summed E-state index contributed by atoms with van der Waals surface area (Å²) in [6, 6.07) is 0.418. The average Bonchev–Trinajstić information content (AvgIpc) is 2.84. The highest BCUT2D eigenvalue weighted by Gasteiger charge is 2.24. The van der Waals surface area contributed by atoms with Crippen molar-refractivity contribution in [3.8, 4) is 0 Å². The smallest absolute Gasteiger partial charge is 0.287 e. The summed E-state index contributed by atoms with van der Waals surface area (Å²) in [6.07, 6.45) is 2.62. The quantitative estimate of drug-likeness (QED) is 0.787. The molecule has 1 atom stereocenters. The maximum Gasteiger partial charge on any atom is 0.287 e. The minimum Gasteiger partial charge on any atom is -0.394 e. The number of likely N-dealkylation sites (N-methyl/N-ethyl adjacent to an activating group) is 1. The molecule has 2 heterocycles. The highest BCUT2D eigenvalue weighted by atomic mass is 35.5. The van der Waals surface area contributed by atoms with Gasteiger partial charge >= 0.3 is 0 Å². The van der Waals surface area contributed by atoms with E-state index in [-0.39, 0.29) is 23.7 Å². The number of nitrogens with zero attached hydrogens (tertiary/aromatic N) is 3. The molecule has 1 fully saturated rings. The topological polar surface area (TPSA) is 70.4 Å². The van der Waals surface area contributed by atoms with E-state index in [1.807, 2.05) is 7.05 Å². The molecule has 1 aliphatic heterocycles. The third kappa shape index (κ3) is 2.50. The summed E-state index contributed by atoms with van der Waals surface area (Å²) in [6.45, 7) is 1.71. The zero-order valence-corrected chi connectivity index (χ0v) is 11.0. The number of hydrogen-bond acceptors (Lipinski definition) is 5. The van der Waals surface area contributed by atoms with Crippen LogP contribution >= 0.6 is 11.6 Å². The third-order valence-electron chi connectivity index (χ3n) is 3.22. The van der Waals surface area contributed by atoms with Crippen LogP contribution in [0.25, 0.3) is 0 Å². The van der Waals surface area contributed by atoms with E-state index in [1.54, 1.807) is 6.20 Å². The molecule has 1 unspecified atom stereocenters. The Morgan fingerprint density at radius 3 is 3.06 bits per heavy atom. The number of halogens is 1. The van der Waals surface area contributed by atoms with Crippen molar-refractivity contribution in [2.24, 2.45) is 0 Å². The number of aliphatic hydroxyl groups is 1. The van der Waals surface area contributed by atoms with Gasteiger partial charge in [0.05, 0.1) is 25.0 Å². The molecular weight excluding hydrogens is 256 g/mol. The van der Waals surface area contributed by atoms with Crippen molar-refractivity contribution in [2.45, 2.75) is 19.0 Å². The van der Waals surface area contributed by atoms with Gasteiger partial charge in [-0.2, -0.15) is 5.10 Å². The molecule has 0 bridgehead atoms. The van der Waals surface area contributed by atoms with Gasteiger partial charge in [0.15, 0.2) is 0 Å². The highest BCUT2D eigenvalue weighted by molar-refractivity contribution is 6.33. The molecule has 0 saturated carbocycles. The Labute approximate surface area is 110 Å². The van der Waals surface area contributed by atoms with Crippen LogP contribution in [0.15, 0.2) is 11.0 Å². The standard InChI is InChI=1S/C11H17ClN4O2/c1-13-8-2-3-15(7-8)9-6-14-16(4-5-17)11(18)10(9)12/h6,8,13,17H,2-5,7H2,1H3. The fourth-order valence-electron chi connectivity index (χ4n) is 2.15. The number of anilines is 1. The van der Waals surface area contributed by atoms with Gasteiger partial charge in [-0.25, -0.2) is 4.68 Å². The van der Waals surface area contributed by atoms with E-state index < -0.39 is 0 Å². The normalized spacial score (nSPS) is 19.5. The molecule has 18 heavy (non-hydrogen) atoms. The first-order valence-electron chi connectivity index (χ1n) is 5.96. The summed E-state index contributed by atoms with van der Waals surface area (Å²) in [4.78, 5) is 14.0. The Balaban J connectivity index is 2.25. The van der Waals surface area contributed by atoms with Gasteiger partial charge in [-0.1, -0.05) is 11.6 Å². The molecule has 1 aliphatic rings. The van der Waals surface area contributed by atoms with E-state index in [0.29, 0.717) is 11.7 Å². The minimum absolute atomic E-state index is 0.131. The second-order valence-electron chi connectivity index (χ2n) is 4.32. The molecule has 0 aliphatic carbocycles. The van der Waals surface area contributed by atoms with Crippen LogP contribution < -0.4 is 15.8 Å². The fourth-order valence-corrected chi connectivity index (χ4v) is 2.41. The summed E-state index contributed by atoms with van der Waals surface area (Å²) in [5.74, 6) is 0. The molecular formula is C11H17ClN4O2. The molecule has 1 saturated heterocycles. The van der Waals surface area contributed by atoms with E-state index in [0.717, 1.165) is 19.5 Å². The summed E-state index contributed by atoms with van der Waals surface area (Å²) >= 11 is 6.09. The van der Waals surface area contributed by atoms with Gasteiger partial charge in [0, 0.05) is 19.1 Å². The molecule has 0 amide bonds. The molecule has 1 aromatic heterocycles. The molecule has 2 rings (SSSR count). The van der Waals surface area contributed by atoms with Crippen molar-refractivity contribution in [1.29, 1.82) is 0 Å². The van der Waals surface area contributed by atoms with Crippen LogP contribution in [0.1, 0.15) is 6.42 Å². The average molecular weight is 273 g/mol. The maximum atomic E-state index is 11.9. The lowest BCUT2D eigenvalue weighted by molar-refractivity contribution is 0.266. The molecule has 6 nitrogen and oxygen atoms in total. The molecule has 0 spiro atoms. The first-order valence-corrected chi connectivity index (χ1v) is 6.34. The first-order chi connectivity index (χ1) is 8.67. The lowest BCUT2D eigenvalue weighted by atomic mass is 10.3. The van der Waals surface area contributed by atoms with Crippen LogP contribution in [0.2, 0.25) is 5.02 Å². The van der Waals surface area contributed by atoms with Crippen LogP contribution in [0.3, 0.4) is 0 Å². The van der Waals surface area contributed by atoms with Gasteiger partial charge in [0.1, 0.15) is 5.02 Å². The van der Waals surface area contributed by atoms with Crippen molar-refractivity contribution in [2.75, 3.05) is 31.6 Å². The second-order valence-corrected chi connectivity index (χ2v) is 4.69. The number of nitrogens with one attached hydrogen (secondary N) is 1. The third-order valence-corrected chi connectivity index (χ3v) is 3.57. The van der Waals surface area contributed by atoms with Crippen molar-refractivity contribution in [3.63, 3.8) is 0 Å². The van der Waals surface area contributed by atoms with Crippen molar-refractivity contribution in [1.82, 2.24) is 15.1 Å². The largest absolute Gasteiger partial charge is 0.394 e. The van der Waals surface area contributed by atoms with Crippen LogP contribution in [0.5, 0.6) is 0 Å². The van der Waals surface area contributed by atoms with Crippen molar-refractivity contribution in [3.05, 3.63) is 21.6 Å². The van der Waals surface area contributed by atoms with E-state index in [9.17, 15) is 4.79 Å². The molecule has 1 aromatic rings. The number of rotatable bonds is 4. The van der Waals surface area contributed by atoms with Gasteiger partial charge in [-0.05, 0) is 13.5 Å². The zero-order chi connectivity index (χ0) is 13.1. The van der Waals surface area contributed by atoms with Gasteiger partial charge < -0.3 is 15.3 Å². The maximum absolute atomic E-state index is 11.9. The predicted octanol–water partition coefficient (Wildman–Crippen LogP) is -0.313. The van der Waals surface area contributed by atoms with Crippen LogP contribution in [-0.4, -0.2) is 47.7 Å². The zero-order valence-electron chi connectivity index (χ0n) is 10.3. The van der Waals surface area contributed by atoms with Gasteiger partial charge in [0.25, 0.3) is 5.56 Å². The Hall–Kier alpha value is -1.11. The van der Waals surface area contributed by atoms with Gasteiger partial charge in [-0.15, -0.1) is 0 Å². The number of aromatic nitrogens is 2. The molecule has 2 N–H and O–H groups in total. The van der Waals surface area contributed by atoms with Crippen LogP contribution in [-0.2, 0) is 6.54 Å². The summed E-state index contributed by atoms with van der Waals surface area (Å²) in [5.41, 5.74) is 0.324. The summed E-state index contributed by atoms with van der Waals surface area (Å²) in [5, 5.41) is 16.2. The number of aliphatic hydroxyl groups excluding tert-OH is 1. The van der Waals surface area contributed by atoms with E-state index in [1.165, 1.54) is 4.68 Å². The van der Waals surface area contributed by atoms with Gasteiger partial charge in [0.2, 0.25) is 0 Å². The minimum atomic E-state index is -0.351. The van der Waals surface area contributed by atoms with Gasteiger partial charge in [-0.3, -0.25) is 4.79 Å². The molecule has 100 valence electrons. The Kier molecular flexibility index (Phi) is 4.21. The Bertz CT molecular complexity index is 477. The monoisotopic (exact) mass is 272 g/mol. The summed E-state index contributed by atoms with van der Waals surface area (Å²) < 4.78 is 1.18. The molecule has 0 aromatic carbocycles. The highest BCUT2D eigenvalue weighted by Crippen LogP contribution is 2.24. The fraction of sp³-hybridized carbons (Fsp3) is 0.636. The van der Waals surface area contributed by atoms with E-state index in [4.69, 9.17) is 16.7 Å². The summed E-state index contributed by atoms with van der Waals surface area (Å²) in [7, 11) is 1.92. The van der Waals surface area contributed by atoms with E-state index >= 15 is 0 Å².